The van der Waals surface area contributed by atoms with E-state index in [4.69, 9.17) is 4.74 Å². The van der Waals surface area contributed by atoms with Crippen molar-refractivity contribution in [1.82, 2.24) is 4.90 Å². The minimum absolute atomic E-state index is 0.169. The van der Waals surface area contributed by atoms with Crippen molar-refractivity contribution in [3.8, 4) is 5.75 Å². The molecule has 1 saturated heterocycles. The van der Waals surface area contributed by atoms with Crippen LogP contribution in [-0.4, -0.2) is 28.9 Å². The van der Waals surface area contributed by atoms with Gasteiger partial charge >= 0.3 is 0 Å². The Kier molecular flexibility index (Phi) is 4.05. The fraction of sp³-hybridized carbons (Fsp3) is 0.500. The Morgan fingerprint density at radius 2 is 2.05 bits per heavy atom. The highest BCUT2D eigenvalue weighted by Crippen LogP contribution is 2.34. The lowest BCUT2D eigenvalue weighted by atomic mass is 9.92. The van der Waals surface area contributed by atoms with Crippen molar-refractivity contribution < 1.29 is 19.4 Å². The van der Waals surface area contributed by atoms with E-state index >= 15 is 0 Å². The van der Waals surface area contributed by atoms with Gasteiger partial charge in [-0.15, -0.1) is 0 Å². The summed E-state index contributed by atoms with van der Waals surface area (Å²) in [5.74, 6) is 0.260. The van der Waals surface area contributed by atoms with E-state index in [1.165, 1.54) is 4.90 Å². The molecule has 2 rings (SSSR count). The summed E-state index contributed by atoms with van der Waals surface area (Å²) in [6.45, 7) is 5.39. The van der Waals surface area contributed by atoms with E-state index in [0.29, 0.717) is 5.75 Å². The van der Waals surface area contributed by atoms with E-state index in [2.05, 4.69) is 0 Å². The first-order chi connectivity index (χ1) is 9.76. The third-order valence-electron chi connectivity index (χ3n) is 3.83. The average molecular weight is 291 g/mol. The van der Waals surface area contributed by atoms with E-state index in [9.17, 15) is 14.7 Å². The number of amides is 2. The summed E-state index contributed by atoms with van der Waals surface area (Å²) < 4.78 is 5.28. The molecule has 0 saturated carbocycles. The molecule has 2 amide bonds. The molecule has 1 fully saturated rings. The topological polar surface area (TPSA) is 66.8 Å². The Morgan fingerprint density at radius 1 is 1.38 bits per heavy atom. The summed E-state index contributed by atoms with van der Waals surface area (Å²) in [5, 5.41) is 9.67. The molecular formula is C16H21NO4. The number of carbonyl (C=O) groups is 2. The molecule has 0 spiro atoms. The predicted octanol–water partition coefficient (Wildman–Crippen LogP) is 2.03. The van der Waals surface area contributed by atoms with Gasteiger partial charge in [-0.1, -0.05) is 19.9 Å². The lowest BCUT2D eigenvalue weighted by Crippen LogP contribution is -2.32. The van der Waals surface area contributed by atoms with Crippen molar-refractivity contribution in [2.24, 2.45) is 5.41 Å². The van der Waals surface area contributed by atoms with Crippen LogP contribution in [0.2, 0.25) is 0 Å². The molecule has 5 heteroatoms. The number of imide groups is 1. The number of ether oxygens (including phenoxy) is 1. The van der Waals surface area contributed by atoms with E-state index in [-0.39, 0.29) is 24.8 Å². The molecule has 1 aliphatic heterocycles. The number of nitrogens with zero attached hydrogens (tertiary/aromatic N) is 1. The van der Waals surface area contributed by atoms with Gasteiger partial charge in [0.15, 0.2) is 0 Å². The van der Waals surface area contributed by atoms with Crippen molar-refractivity contribution in [2.45, 2.75) is 39.8 Å². The summed E-state index contributed by atoms with van der Waals surface area (Å²) in [7, 11) is 1.54. The van der Waals surface area contributed by atoms with Crippen LogP contribution in [0.1, 0.15) is 44.4 Å². The largest absolute Gasteiger partial charge is 0.496 e. The monoisotopic (exact) mass is 291 g/mol. The molecule has 0 bridgehead atoms. The maximum atomic E-state index is 12.3. The summed E-state index contributed by atoms with van der Waals surface area (Å²) >= 11 is 0. The van der Waals surface area contributed by atoms with E-state index in [1.807, 2.05) is 0 Å². The molecule has 0 aromatic heterocycles. The standard InChI is InChI=1S/C16H21NO4/c1-10(18)11-5-6-13(21-4)12(7-11)9-17-14(19)8-16(2,3)15(17)20/h5-7,10,18H,8-9H2,1-4H3. The smallest absolute Gasteiger partial charge is 0.235 e. The normalized spacial score (nSPS) is 19.0. The maximum absolute atomic E-state index is 12.3. The fourth-order valence-corrected chi connectivity index (χ4v) is 2.54. The van der Waals surface area contributed by atoms with E-state index < -0.39 is 11.5 Å². The van der Waals surface area contributed by atoms with E-state index in [0.717, 1.165) is 11.1 Å². The molecule has 1 aromatic carbocycles. The Labute approximate surface area is 124 Å². The summed E-state index contributed by atoms with van der Waals surface area (Å²) in [5.41, 5.74) is 0.797. The first-order valence-corrected chi connectivity index (χ1v) is 6.96. The molecule has 5 nitrogen and oxygen atoms in total. The molecule has 1 atom stereocenters. The first-order valence-electron chi connectivity index (χ1n) is 6.96. The minimum atomic E-state index is -0.647. The summed E-state index contributed by atoms with van der Waals surface area (Å²) in [6, 6.07) is 5.29. The second kappa shape index (κ2) is 5.48. The van der Waals surface area contributed by atoms with Gasteiger partial charge in [-0.2, -0.15) is 0 Å². The molecule has 1 unspecified atom stereocenters. The van der Waals surface area contributed by atoms with Gasteiger partial charge in [0.25, 0.3) is 0 Å². The van der Waals surface area contributed by atoms with Crippen molar-refractivity contribution in [3.05, 3.63) is 29.3 Å². The van der Waals surface area contributed by atoms with Crippen LogP contribution >= 0.6 is 0 Å². The Morgan fingerprint density at radius 3 is 2.52 bits per heavy atom. The van der Waals surface area contributed by atoms with Crippen LogP contribution in [0.25, 0.3) is 0 Å². The number of aliphatic hydroxyl groups excluding tert-OH is 1. The van der Waals surface area contributed by atoms with Gasteiger partial charge < -0.3 is 9.84 Å². The number of benzene rings is 1. The molecule has 0 aliphatic carbocycles. The number of methoxy groups -OCH3 is 1. The Bertz CT molecular complexity index is 578. The van der Waals surface area contributed by atoms with Crippen LogP contribution in [-0.2, 0) is 16.1 Å². The van der Waals surface area contributed by atoms with Gasteiger partial charge in [0.05, 0.1) is 25.2 Å². The molecule has 114 valence electrons. The van der Waals surface area contributed by atoms with Gasteiger partial charge in [0.2, 0.25) is 11.8 Å². The molecule has 0 radical (unpaired) electrons. The third kappa shape index (κ3) is 2.93. The lowest BCUT2D eigenvalue weighted by Gasteiger charge is -2.20. The zero-order valence-electron chi connectivity index (χ0n) is 12.8. The highest BCUT2D eigenvalue weighted by atomic mass is 16.5. The van der Waals surface area contributed by atoms with Gasteiger partial charge in [0.1, 0.15) is 5.75 Å². The van der Waals surface area contributed by atoms with E-state index in [1.54, 1.807) is 46.1 Å². The molecule has 21 heavy (non-hydrogen) atoms. The predicted molar refractivity (Wildman–Crippen MR) is 77.6 cm³/mol. The number of carbonyl (C=O) groups excluding carboxylic acids is 2. The minimum Gasteiger partial charge on any atom is -0.496 e. The number of likely N-dealkylation sites (tertiary alicyclic amines) is 1. The molecule has 1 heterocycles. The molecule has 1 N–H and O–H groups in total. The van der Waals surface area contributed by atoms with Crippen LogP contribution < -0.4 is 4.74 Å². The van der Waals surface area contributed by atoms with Gasteiger partial charge in [-0.05, 0) is 24.6 Å². The highest BCUT2D eigenvalue weighted by molar-refractivity contribution is 6.05. The van der Waals surface area contributed by atoms with Crippen LogP contribution in [0.5, 0.6) is 5.75 Å². The van der Waals surface area contributed by atoms with Crippen LogP contribution in [0.3, 0.4) is 0 Å². The van der Waals surface area contributed by atoms with Crippen LogP contribution in [0, 0.1) is 5.41 Å². The number of hydrogen-bond acceptors (Lipinski definition) is 4. The Hall–Kier alpha value is -1.88. The molecule has 1 aliphatic rings. The number of hydrogen-bond donors (Lipinski definition) is 1. The fourth-order valence-electron chi connectivity index (χ4n) is 2.54. The lowest BCUT2D eigenvalue weighted by molar-refractivity contribution is -0.141. The van der Waals surface area contributed by atoms with Crippen molar-refractivity contribution in [2.75, 3.05) is 7.11 Å². The van der Waals surface area contributed by atoms with Gasteiger partial charge in [-0.3, -0.25) is 14.5 Å². The summed E-state index contributed by atoms with van der Waals surface area (Å²) in [6.07, 6.45) is -0.388. The van der Waals surface area contributed by atoms with Crippen molar-refractivity contribution >= 4 is 11.8 Å². The number of aliphatic hydroxyl groups is 1. The average Bonchev–Trinajstić information content (AvgIpc) is 2.60. The van der Waals surface area contributed by atoms with Crippen molar-refractivity contribution in [3.63, 3.8) is 0 Å². The highest BCUT2D eigenvalue weighted by Gasteiger charge is 2.44. The number of rotatable bonds is 4. The maximum Gasteiger partial charge on any atom is 0.235 e. The molecule has 1 aromatic rings. The third-order valence-corrected chi connectivity index (χ3v) is 3.83. The SMILES string of the molecule is COc1ccc(C(C)O)cc1CN1C(=O)CC(C)(C)C1=O. The second-order valence-corrected chi connectivity index (χ2v) is 6.09. The van der Waals surface area contributed by atoms with Crippen LogP contribution in [0.15, 0.2) is 18.2 Å². The van der Waals surface area contributed by atoms with Crippen LogP contribution in [0.4, 0.5) is 0 Å². The van der Waals surface area contributed by atoms with Crippen molar-refractivity contribution in [1.29, 1.82) is 0 Å². The quantitative estimate of drug-likeness (QED) is 0.862. The zero-order valence-corrected chi connectivity index (χ0v) is 12.8. The van der Waals surface area contributed by atoms with Gasteiger partial charge in [-0.25, -0.2) is 0 Å². The summed E-state index contributed by atoms with van der Waals surface area (Å²) in [4.78, 5) is 25.6. The molecular weight excluding hydrogens is 270 g/mol. The zero-order chi connectivity index (χ0) is 15.8. The Balaban J connectivity index is 2.32. The first kappa shape index (κ1) is 15.5. The second-order valence-electron chi connectivity index (χ2n) is 6.09. The van der Waals surface area contributed by atoms with Gasteiger partial charge in [0, 0.05) is 12.0 Å².